The average molecular weight is 543 g/mol. The molecule has 0 radical (unpaired) electrons. The normalized spacial score (nSPS) is 15.1. The zero-order valence-electron chi connectivity index (χ0n) is 22.3. The lowest BCUT2D eigenvalue weighted by molar-refractivity contribution is 0.440. The third-order valence-corrected chi connectivity index (χ3v) is 7.98. The van der Waals surface area contributed by atoms with E-state index in [0.29, 0.717) is 11.5 Å². The largest absolute Gasteiger partial charge is 0.456 e. The molecule has 3 heterocycles. The van der Waals surface area contributed by atoms with E-state index in [1.165, 1.54) is 0 Å². The van der Waals surface area contributed by atoms with Gasteiger partial charge in [0.1, 0.15) is 16.7 Å². The molecule has 42 heavy (non-hydrogen) atoms. The monoisotopic (exact) mass is 542 g/mol. The van der Waals surface area contributed by atoms with Crippen LogP contribution >= 0.6 is 0 Å². The minimum absolute atomic E-state index is 0.0323. The summed E-state index contributed by atoms with van der Waals surface area (Å²) in [6.07, 6.45) is 6.08. The summed E-state index contributed by atoms with van der Waals surface area (Å²) in [7, 11) is 0. The molecule has 0 saturated heterocycles. The molecule has 7 aromatic rings. The molecule has 0 amide bonds. The van der Waals surface area contributed by atoms with Crippen LogP contribution in [0.3, 0.4) is 0 Å². The van der Waals surface area contributed by atoms with E-state index in [4.69, 9.17) is 18.6 Å². The van der Waals surface area contributed by atoms with Crippen molar-refractivity contribution in [2.45, 2.75) is 5.92 Å². The third-order valence-electron chi connectivity index (χ3n) is 7.98. The molecule has 0 N–H and O–H groups in total. The van der Waals surface area contributed by atoms with Crippen molar-refractivity contribution in [2.24, 2.45) is 0 Å². The highest BCUT2D eigenvalue weighted by Gasteiger charge is 2.34. The first-order chi connectivity index (χ1) is 20.8. The van der Waals surface area contributed by atoms with Crippen LogP contribution in [0.25, 0.3) is 44.5 Å². The standard InChI is InChI=1S/C37H22N2O3/c1-3-12-23(13-4-1)37-38-34-32(42-37)22-31-33(27-17-8-10-21-30(27)40-31)35(34)39(24-14-5-2-6-15-24)28-19-11-18-26-25-16-7-9-20-29(25)41-36(26)28/h1-19,21-22,25H. The lowest BCUT2D eigenvalue weighted by Gasteiger charge is -2.27. The molecule has 5 heteroatoms. The van der Waals surface area contributed by atoms with Crippen molar-refractivity contribution < 1.29 is 13.6 Å². The number of ether oxygens (including phenoxy) is 1. The van der Waals surface area contributed by atoms with Gasteiger partial charge in [-0.2, -0.15) is 0 Å². The van der Waals surface area contributed by atoms with Crippen LogP contribution in [0.1, 0.15) is 11.5 Å². The molecule has 5 aromatic carbocycles. The van der Waals surface area contributed by atoms with E-state index in [1.807, 2.05) is 84.9 Å². The van der Waals surface area contributed by atoms with Gasteiger partial charge in [-0.25, -0.2) is 4.98 Å². The van der Waals surface area contributed by atoms with Crippen LogP contribution in [-0.4, -0.2) is 4.98 Å². The molecular formula is C37H22N2O3. The molecule has 2 aliphatic rings. The second kappa shape index (κ2) is 8.87. The molecule has 1 aliphatic carbocycles. The lowest BCUT2D eigenvalue weighted by Crippen LogP contribution is -2.12. The molecular weight excluding hydrogens is 520 g/mol. The zero-order chi connectivity index (χ0) is 27.6. The van der Waals surface area contributed by atoms with Crippen molar-refractivity contribution in [1.82, 2.24) is 4.98 Å². The minimum atomic E-state index is 0.0323. The average Bonchev–Trinajstić information content (AvgIpc) is 3.75. The van der Waals surface area contributed by atoms with Gasteiger partial charge in [0, 0.05) is 28.3 Å². The van der Waals surface area contributed by atoms with E-state index in [2.05, 4.69) is 53.1 Å². The van der Waals surface area contributed by atoms with Crippen molar-refractivity contribution >= 4 is 50.1 Å². The van der Waals surface area contributed by atoms with Gasteiger partial charge in [-0.1, -0.05) is 84.6 Å². The van der Waals surface area contributed by atoms with Gasteiger partial charge in [-0.15, -0.1) is 0 Å². The highest BCUT2D eigenvalue weighted by molar-refractivity contribution is 6.20. The maximum atomic E-state index is 6.55. The van der Waals surface area contributed by atoms with Crippen LogP contribution in [0.15, 0.2) is 148 Å². The predicted octanol–water partition coefficient (Wildman–Crippen LogP) is 9.95. The summed E-state index contributed by atoms with van der Waals surface area (Å²) >= 11 is 0. The smallest absolute Gasteiger partial charge is 0.227 e. The Labute approximate surface area is 240 Å². The molecule has 1 atom stereocenters. The summed E-state index contributed by atoms with van der Waals surface area (Å²) in [6.45, 7) is 0. The topological polar surface area (TPSA) is 51.6 Å². The SMILES string of the molecule is C1=CC=CC2C=1Oc1c2cccc1N(c1ccccc1)c1c2nc(-c3ccccc3)oc2cc2oc3ccccc3c12. The number of anilines is 3. The van der Waals surface area contributed by atoms with Crippen LogP contribution in [0.4, 0.5) is 17.1 Å². The first-order valence-corrected chi connectivity index (χ1v) is 13.9. The first kappa shape index (κ1) is 23.0. The quantitative estimate of drug-likeness (QED) is 0.207. The maximum absolute atomic E-state index is 6.55. The Morgan fingerprint density at radius 3 is 2.43 bits per heavy atom. The Hall–Kier alpha value is -5.77. The Morgan fingerprint density at radius 1 is 0.738 bits per heavy atom. The van der Waals surface area contributed by atoms with E-state index in [-0.39, 0.29) is 5.92 Å². The summed E-state index contributed by atoms with van der Waals surface area (Å²) in [5, 5.41) is 1.97. The molecule has 1 aliphatic heterocycles. The van der Waals surface area contributed by atoms with E-state index in [1.54, 1.807) is 0 Å². The number of fused-ring (bicyclic) bond motifs is 7. The molecule has 0 saturated carbocycles. The second-order valence-corrected chi connectivity index (χ2v) is 10.4. The van der Waals surface area contributed by atoms with Crippen LogP contribution in [0, 0.1) is 0 Å². The summed E-state index contributed by atoms with van der Waals surface area (Å²) in [4.78, 5) is 7.36. The maximum Gasteiger partial charge on any atom is 0.227 e. The molecule has 198 valence electrons. The molecule has 9 rings (SSSR count). The summed E-state index contributed by atoms with van der Waals surface area (Å²) < 4.78 is 19.4. The number of furan rings is 1. The van der Waals surface area contributed by atoms with Crippen molar-refractivity contribution in [3.63, 3.8) is 0 Å². The number of hydrogen-bond acceptors (Lipinski definition) is 5. The Bertz CT molecular complexity index is 2270. The zero-order valence-corrected chi connectivity index (χ0v) is 22.3. The van der Waals surface area contributed by atoms with Gasteiger partial charge in [-0.05, 0) is 42.5 Å². The lowest BCUT2D eigenvalue weighted by atomic mass is 9.96. The molecule has 5 nitrogen and oxygen atoms in total. The first-order valence-electron chi connectivity index (χ1n) is 13.9. The molecule has 2 aromatic heterocycles. The fourth-order valence-electron chi connectivity index (χ4n) is 6.13. The van der Waals surface area contributed by atoms with Gasteiger partial charge in [-0.3, -0.25) is 0 Å². The van der Waals surface area contributed by atoms with Gasteiger partial charge in [0.05, 0.1) is 22.7 Å². The number of oxazole rings is 1. The van der Waals surface area contributed by atoms with Gasteiger partial charge in [0.15, 0.2) is 17.1 Å². The number of para-hydroxylation sites is 3. The molecule has 0 bridgehead atoms. The summed E-state index contributed by atoms with van der Waals surface area (Å²) in [6, 6.07) is 36.7. The van der Waals surface area contributed by atoms with Crippen LogP contribution in [0.2, 0.25) is 0 Å². The Balaban J connectivity index is 1.41. The summed E-state index contributed by atoms with van der Waals surface area (Å²) in [5.41, 5.74) is 11.0. The van der Waals surface area contributed by atoms with Crippen molar-refractivity contribution in [3.8, 4) is 17.2 Å². The predicted molar refractivity (Wildman–Crippen MR) is 166 cm³/mol. The van der Waals surface area contributed by atoms with E-state index in [0.717, 1.165) is 67.2 Å². The van der Waals surface area contributed by atoms with E-state index >= 15 is 0 Å². The second-order valence-electron chi connectivity index (χ2n) is 10.4. The molecule has 1 unspecified atom stereocenters. The third kappa shape index (κ3) is 3.35. The Kier molecular flexibility index (Phi) is 4.85. The van der Waals surface area contributed by atoms with Crippen molar-refractivity contribution in [3.05, 3.63) is 144 Å². The van der Waals surface area contributed by atoms with Crippen LogP contribution < -0.4 is 9.64 Å². The van der Waals surface area contributed by atoms with Crippen LogP contribution in [-0.2, 0) is 0 Å². The number of allylic oxidation sites excluding steroid dienone is 2. The van der Waals surface area contributed by atoms with Gasteiger partial charge in [0.25, 0.3) is 0 Å². The fraction of sp³-hybridized carbons (Fsp3) is 0.0270. The number of benzene rings is 5. The highest BCUT2D eigenvalue weighted by Crippen LogP contribution is 2.53. The van der Waals surface area contributed by atoms with Crippen LogP contribution in [0.5, 0.6) is 5.75 Å². The number of hydrogen-bond donors (Lipinski definition) is 0. The van der Waals surface area contributed by atoms with E-state index < -0.39 is 0 Å². The van der Waals surface area contributed by atoms with Gasteiger partial charge >= 0.3 is 0 Å². The molecule has 0 spiro atoms. The summed E-state index contributed by atoms with van der Waals surface area (Å²) in [5.74, 6) is 2.19. The van der Waals surface area contributed by atoms with Gasteiger partial charge < -0.3 is 18.5 Å². The number of nitrogens with zero attached hydrogens (tertiary/aromatic N) is 2. The molecule has 0 fully saturated rings. The van der Waals surface area contributed by atoms with E-state index in [9.17, 15) is 0 Å². The van der Waals surface area contributed by atoms with Gasteiger partial charge in [0.2, 0.25) is 5.89 Å². The minimum Gasteiger partial charge on any atom is -0.456 e. The fourth-order valence-corrected chi connectivity index (χ4v) is 6.13. The van der Waals surface area contributed by atoms with Crippen molar-refractivity contribution in [2.75, 3.05) is 4.90 Å². The van der Waals surface area contributed by atoms with Crippen molar-refractivity contribution in [1.29, 1.82) is 0 Å². The highest BCUT2D eigenvalue weighted by atomic mass is 16.5. The number of aromatic nitrogens is 1. The Morgan fingerprint density at radius 2 is 1.55 bits per heavy atom. The number of rotatable bonds is 4.